The van der Waals surface area contributed by atoms with Crippen molar-refractivity contribution in [2.24, 2.45) is 5.92 Å². The molecule has 1 fully saturated rings. The summed E-state index contributed by atoms with van der Waals surface area (Å²) >= 11 is 0. The maximum absolute atomic E-state index is 13.4. The number of carboxylic acid groups (broad SMARTS) is 1. The van der Waals surface area contributed by atoms with Crippen molar-refractivity contribution in [3.63, 3.8) is 0 Å². The van der Waals surface area contributed by atoms with Gasteiger partial charge in [-0.25, -0.2) is 14.2 Å². The largest absolute Gasteiger partial charge is 0.490 e. The molecule has 0 bridgehead atoms. The minimum atomic E-state index is -5.08. The van der Waals surface area contributed by atoms with Crippen LogP contribution in [0.15, 0.2) is 42.6 Å². The number of anilines is 1. The lowest BCUT2D eigenvalue weighted by atomic mass is 9.95. The van der Waals surface area contributed by atoms with Crippen LogP contribution in [0.2, 0.25) is 0 Å². The number of nitrogens with zero attached hydrogens (tertiary/aromatic N) is 3. The molecule has 4 aromatic rings. The lowest BCUT2D eigenvalue weighted by molar-refractivity contribution is -0.192. The monoisotopic (exact) mass is 520 g/mol. The van der Waals surface area contributed by atoms with Crippen LogP contribution in [0.4, 0.5) is 23.2 Å². The summed E-state index contributed by atoms with van der Waals surface area (Å²) in [7, 11) is 0. The van der Waals surface area contributed by atoms with E-state index in [0.717, 1.165) is 16.6 Å². The maximum atomic E-state index is 13.4. The summed E-state index contributed by atoms with van der Waals surface area (Å²) < 4.78 is 45.1. The van der Waals surface area contributed by atoms with E-state index >= 15 is 0 Å². The summed E-state index contributed by atoms with van der Waals surface area (Å²) in [6, 6.07) is 9.75. The van der Waals surface area contributed by atoms with E-state index in [1.807, 2.05) is 18.2 Å². The Balaban J connectivity index is 0.000000405. The Morgan fingerprint density at radius 1 is 1.05 bits per heavy atom. The zero-order valence-corrected chi connectivity index (χ0v) is 19.0. The third-order valence-electron chi connectivity index (χ3n) is 5.75. The molecule has 1 saturated heterocycles. The van der Waals surface area contributed by atoms with E-state index in [9.17, 15) is 27.2 Å². The Morgan fingerprint density at radius 2 is 1.76 bits per heavy atom. The van der Waals surface area contributed by atoms with Crippen LogP contribution in [0.1, 0.15) is 23.5 Å². The van der Waals surface area contributed by atoms with Gasteiger partial charge in [0.2, 0.25) is 5.91 Å². The highest BCUT2D eigenvalue weighted by atomic mass is 19.4. The normalized spacial score (nSPS) is 14.3. The molecule has 37 heavy (non-hydrogen) atoms. The van der Waals surface area contributed by atoms with Crippen LogP contribution in [0, 0.1) is 11.7 Å². The molecule has 2 aromatic carbocycles. The van der Waals surface area contributed by atoms with Crippen LogP contribution in [0.3, 0.4) is 0 Å². The third kappa shape index (κ3) is 6.02. The first-order chi connectivity index (χ1) is 17.5. The molecule has 1 aliphatic heterocycles. The zero-order valence-electron chi connectivity index (χ0n) is 19.0. The van der Waals surface area contributed by atoms with Gasteiger partial charge in [0.15, 0.2) is 5.82 Å². The van der Waals surface area contributed by atoms with E-state index < -0.39 is 12.1 Å². The molecule has 2 aromatic heterocycles. The summed E-state index contributed by atoms with van der Waals surface area (Å²) in [6.45, 7) is 0.923. The van der Waals surface area contributed by atoms with Gasteiger partial charge in [-0.3, -0.25) is 14.7 Å². The Bertz CT molecular complexity index is 1460. The average Bonchev–Trinajstić information content (AvgIpc) is 3.49. The Morgan fingerprint density at radius 3 is 2.43 bits per heavy atom. The van der Waals surface area contributed by atoms with Crippen LogP contribution in [-0.2, 0) is 9.59 Å². The van der Waals surface area contributed by atoms with Gasteiger partial charge in [-0.15, -0.1) is 0 Å². The van der Waals surface area contributed by atoms with E-state index in [2.05, 4.69) is 25.5 Å². The molecule has 3 heterocycles. The number of halogens is 4. The van der Waals surface area contributed by atoms with Crippen molar-refractivity contribution in [3.8, 4) is 0 Å². The van der Waals surface area contributed by atoms with Gasteiger partial charge in [0.1, 0.15) is 5.82 Å². The summed E-state index contributed by atoms with van der Waals surface area (Å²) in [5.41, 5.74) is 2.67. The van der Waals surface area contributed by atoms with Crippen LogP contribution >= 0.6 is 0 Å². The SMILES string of the molecule is O=C(Nc1ccc2[nH]ncc2c1)C1CCN(C(=O)c2nc3ccc(F)cc3[nH]2)CC1.O=C(O)C(F)(F)F. The molecule has 0 aliphatic carbocycles. The fourth-order valence-electron chi connectivity index (χ4n) is 3.84. The van der Waals surface area contributed by atoms with Crippen LogP contribution in [0.25, 0.3) is 21.9 Å². The number of benzene rings is 2. The second-order valence-electron chi connectivity index (χ2n) is 8.28. The number of fused-ring (bicyclic) bond motifs is 2. The number of piperidine rings is 1. The minimum Gasteiger partial charge on any atom is -0.475 e. The second-order valence-corrected chi connectivity index (χ2v) is 8.28. The molecule has 1 aliphatic rings. The number of hydrogen-bond donors (Lipinski definition) is 4. The number of carbonyl (C=O) groups excluding carboxylic acids is 2. The lowest BCUT2D eigenvalue weighted by Gasteiger charge is -2.30. The number of imidazole rings is 1. The molecule has 0 unspecified atom stereocenters. The van der Waals surface area contributed by atoms with Gasteiger partial charge in [0, 0.05) is 30.1 Å². The maximum Gasteiger partial charge on any atom is 0.490 e. The fraction of sp³-hybridized carbons (Fsp3) is 0.261. The summed E-state index contributed by atoms with van der Waals surface area (Å²) in [6.07, 6.45) is -2.23. The van der Waals surface area contributed by atoms with E-state index in [-0.39, 0.29) is 29.4 Å². The lowest BCUT2D eigenvalue weighted by Crippen LogP contribution is -2.41. The number of H-pyrrole nitrogens is 2. The predicted molar refractivity (Wildman–Crippen MR) is 123 cm³/mol. The molecule has 0 saturated carbocycles. The molecule has 5 rings (SSSR count). The van der Waals surface area contributed by atoms with Crippen molar-refractivity contribution in [3.05, 3.63) is 54.2 Å². The Labute approximate surface area is 205 Å². The zero-order chi connectivity index (χ0) is 26.7. The fourth-order valence-corrected chi connectivity index (χ4v) is 3.84. The molecule has 4 N–H and O–H groups in total. The molecule has 10 nitrogen and oxygen atoms in total. The van der Waals surface area contributed by atoms with E-state index in [1.54, 1.807) is 11.1 Å². The predicted octanol–water partition coefficient (Wildman–Crippen LogP) is 3.70. The Hall–Kier alpha value is -4.49. The number of aliphatic carboxylic acids is 1. The first kappa shape index (κ1) is 25.6. The van der Waals surface area contributed by atoms with Gasteiger partial charge in [-0.2, -0.15) is 18.3 Å². The van der Waals surface area contributed by atoms with Gasteiger partial charge in [-0.1, -0.05) is 0 Å². The minimum absolute atomic E-state index is 0.0517. The van der Waals surface area contributed by atoms with Crippen molar-refractivity contribution in [2.45, 2.75) is 19.0 Å². The number of alkyl halides is 3. The van der Waals surface area contributed by atoms with Gasteiger partial charge >= 0.3 is 12.1 Å². The number of nitrogens with one attached hydrogen (secondary N) is 3. The molecule has 0 atom stereocenters. The van der Waals surface area contributed by atoms with Crippen molar-refractivity contribution in [1.82, 2.24) is 25.1 Å². The molecule has 0 radical (unpaired) electrons. The number of amides is 2. The van der Waals surface area contributed by atoms with Gasteiger partial charge in [0.05, 0.1) is 22.7 Å². The highest BCUT2D eigenvalue weighted by Crippen LogP contribution is 2.23. The van der Waals surface area contributed by atoms with Crippen molar-refractivity contribution >= 4 is 45.4 Å². The molecular weight excluding hydrogens is 500 g/mol. The van der Waals surface area contributed by atoms with Crippen molar-refractivity contribution in [2.75, 3.05) is 18.4 Å². The van der Waals surface area contributed by atoms with Crippen LogP contribution < -0.4 is 5.32 Å². The van der Waals surface area contributed by atoms with Crippen LogP contribution in [0.5, 0.6) is 0 Å². The van der Waals surface area contributed by atoms with Gasteiger partial charge in [-0.05, 0) is 49.2 Å². The highest BCUT2D eigenvalue weighted by molar-refractivity contribution is 5.96. The molecular formula is C23H20F4N6O4. The molecule has 194 valence electrons. The number of likely N-dealkylation sites (tertiary alicyclic amines) is 1. The first-order valence-corrected chi connectivity index (χ1v) is 11.0. The van der Waals surface area contributed by atoms with E-state index in [1.165, 1.54) is 18.2 Å². The quantitative estimate of drug-likeness (QED) is 0.303. The summed E-state index contributed by atoms with van der Waals surface area (Å²) in [5, 5.41) is 17.9. The van der Waals surface area contributed by atoms with Crippen molar-refractivity contribution < 1.29 is 37.1 Å². The van der Waals surface area contributed by atoms with Crippen LogP contribution in [-0.4, -0.2) is 67.2 Å². The second kappa shape index (κ2) is 10.2. The number of aromatic nitrogens is 4. The highest BCUT2D eigenvalue weighted by Gasteiger charge is 2.38. The van der Waals surface area contributed by atoms with E-state index in [0.29, 0.717) is 37.0 Å². The number of hydrogen-bond acceptors (Lipinski definition) is 5. The number of rotatable bonds is 3. The Kier molecular flexibility index (Phi) is 7.09. The number of carbonyl (C=O) groups is 3. The molecule has 0 spiro atoms. The standard InChI is InChI=1S/C21H19FN6O2.C2HF3O2/c22-14-1-3-17-18(10-14)26-19(25-17)21(30)28-7-5-12(6-8-28)20(29)24-15-2-4-16-13(9-15)11-23-27-16;3-2(4,5)1(6)7/h1-4,9-12H,5-8H2,(H,23,27)(H,24,29)(H,25,26);(H,6,7). The summed E-state index contributed by atoms with van der Waals surface area (Å²) in [4.78, 5) is 43.1. The van der Waals surface area contributed by atoms with Gasteiger partial charge in [0.25, 0.3) is 5.91 Å². The number of aromatic amines is 2. The summed E-state index contributed by atoms with van der Waals surface area (Å²) in [5.74, 6) is -3.41. The molecule has 14 heteroatoms. The molecule has 2 amide bonds. The topological polar surface area (TPSA) is 144 Å². The average molecular weight is 520 g/mol. The van der Waals surface area contributed by atoms with Gasteiger partial charge < -0.3 is 20.3 Å². The number of carboxylic acids is 1. The van der Waals surface area contributed by atoms with Crippen molar-refractivity contribution in [1.29, 1.82) is 0 Å². The smallest absolute Gasteiger partial charge is 0.475 e. The third-order valence-corrected chi connectivity index (χ3v) is 5.75. The van der Waals surface area contributed by atoms with E-state index in [4.69, 9.17) is 9.90 Å². The first-order valence-electron chi connectivity index (χ1n) is 11.0.